The lowest BCUT2D eigenvalue weighted by atomic mass is 10.3. The lowest BCUT2D eigenvalue weighted by molar-refractivity contribution is 0.644. The molecule has 1 aromatic heterocycles. The van der Waals surface area contributed by atoms with Gasteiger partial charge < -0.3 is 0 Å². The Morgan fingerprint density at radius 2 is 2.58 bits per heavy atom. The summed E-state index contributed by atoms with van der Waals surface area (Å²) in [5.41, 5.74) is 0.966. The quantitative estimate of drug-likeness (QED) is 0.605. The first-order valence-corrected chi connectivity index (χ1v) is 5.03. The van der Waals surface area contributed by atoms with E-state index in [9.17, 15) is 4.79 Å². The molecule has 0 N–H and O–H groups in total. The van der Waals surface area contributed by atoms with Gasteiger partial charge in [-0.25, -0.2) is 4.98 Å². The molecule has 0 bridgehead atoms. The van der Waals surface area contributed by atoms with E-state index in [1.54, 1.807) is 22.5 Å². The maximum Gasteiger partial charge on any atom is 0.257 e. The normalized spacial score (nSPS) is 14.8. The molecule has 64 valence electrons. The van der Waals surface area contributed by atoms with Gasteiger partial charge in [0.25, 0.3) is 5.56 Å². The third-order valence-electron chi connectivity index (χ3n) is 2.01. The molecule has 0 aromatic carbocycles. The fourth-order valence-corrected chi connectivity index (χ4v) is 2.22. The maximum absolute atomic E-state index is 11.6. The summed E-state index contributed by atoms with van der Waals surface area (Å²) in [7, 11) is 0. The molecule has 2 heterocycles. The van der Waals surface area contributed by atoms with E-state index in [0.717, 1.165) is 29.4 Å². The van der Waals surface area contributed by atoms with Crippen molar-refractivity contribution in [3.63, 3.8) is 0 Å². The Balaban J connectivity index is 2.62. The lowest BCUT2D eigenvalue weighted by Crippen LogP contribution is -2.23. The first kappa shape index (κ1) is 7.86. The molecule has 0 aliphatic carbocycles. The van der Waals surface area contributed by atoms with Crippen LogP contribution in [0, 0.1) is 0 Å². The van der Waals surface area contributed by atoms with Gasteiger partial charge in [-0.2, -0.15) is 0 Å². The van der Waals surface area contributed by atoms with Crippen LogP contribution >= 0.6 is 11.8 Å². The number of fused-ring (bicyclic) bond motifs is 1. The first-order chi connectivity index (χ1) is 5.83. The van der Waals surface area contributed by atoms with Crippen molar-refractivity contribution < 1.29 is 0 Å². The van der Waals surface area contributed by atoms with E-state index in [4.69, 9.17) is 0 Å². The van der Waals surface area contributed by atoms with Gasteiger partial charge in [0.15, 0.2) is 5.16 Å². The molecule has 0 spiro atoms. The Bertz CT molecular complexity index is 359. The molecule has 0 fully saturated rings. The van der Waals surface area contributed by atoms with Crippen molar-refractivity contribution >= 4 is 11.8 Å². The number of thioether (sulfide) groups is 1. The summed E-state index contributed by atoms with van der Waals surface area (Å²) < 4.78 is 1.77. The largest absolute Gasteiger partial charge is 0.287 e. The second-order valence-corrected chi connectivity index (χ2v) is 3.79. The van der Waals surface area contributed by atoms with Crippen molar-refractivity contribution in [2.75, 3.05) is 5.75 Å². The van der Waals surface area contributed by atoms with Crippen LogP contribution in [0.1, 0.15) is 12.5 Å². The molecule has 1 aliphatic rings. The molecular weight excluding hydrogens is 172 g/mol. The molecule has 1 aliphatic heterocycles. The Labute approximate surface area is 74.8 Å². The number of aryl methyl sites for hydroxylation is 1. The van der Waals surface area contributed by atoms with Gasteiger partial charge in [0.2, 0.25) is 0 Å². The van der Waals surface area contributed by atoms with E-state index in [0.29, 0.717) is 0 Å². The molecule has 4 heteroatoms. The van der Waals surface area contributed by atoms with Crippen molar-refractivity contribution in [2.45, 2.75) is 25.0 Å². The van der Waals surface area contributed by atoms with Gasteiger partial charge in [0.1, 0.15) is 0 Å². The lowest BCUT2D eigenvalue weighted by Gasteiger charge is -2.01. The Hall–Kier alpha value is -0.770. The molecule has 0 unspecified atom stereocenters. The van der Waals surface area contributed by atoms with E-state index in [-0.39, 0.29) is 5.56 Å². The summed E-state index contributed by atoms with van der Waals surface area (Å²) in [6.07, 6.45) is 2.48. The topological polar surface area (TPSA) is 34.9 Å². The number of rotatable bonds is 1. The highest BCUT2D eigenvalue weighted by molar-refractivity contribution is 7.99. The van der Waals surface area contributed by atoms with Gasteiger partial charge in [-0.1, -0.05) is 18.7 Å². The van der Waals surface area contributed by atoms with Crippen LogP contribution < -0.4 is 5.56 Å². The summed E-state index contributed by atoms with van der Waals surface area (Å²) in [6.45, 7) is 2.80. The number of hydrogen-bond acceptors (Lipinski definition) is 3. The highest BCUT2D eigenvalue weighted by atomic mass is 32.2. The molecular formula is C8H10N2OS. The Morgan fingerprint density at radius 3 is 3.33 bits per heavy atom. The predicted molar refractivity (Wildman–Crippen MR) is 48.6 cm³/mol. The zero-order chi connectivity index (χ0) is 8.55. The summed E-state index contributed by atoms with van der Waals surface area (Å²) in [5.74, 6) is 0.982. The number of aromatic nitrogens is 2. The van der Waals surface area contributed by atoms with Gasteiger partial charge in [-0.15, -0.1) is 0 Å². The third kappa shape index (κ3) is 1.06. The fraction of sp³-hybridized carbons (Fsp3) is 0.500. The van der Waals surface area contributed by atoms with Crippen LogP contribution in [0.4, 0.5) is 0 Å². The van der Waals surface area contributed by atoms with Crippen molar-refractivity contribution in [1.29, 1.82) is 0 Å². The average molecular weight is 182 g/mol. The monoisotopic (exact) mass is 182 g/mol. The third-order valence-corrected chi connectivity index (χ3v) is 2.98. The Kier molecular flexibility index (Phi) is 1.92. The molecule has 2 rings (SSSR count). The van der Waals surface area contributed by atoms with Crippen LogP contribution in [0.5, 0.6) is 0 Å². The van der Waals surface area contributed by atoms with Crippen molar-refractivity contribution in [2.24, 2.45) is 0 Å². The Morgan fingerprint density at radius 1 is 1.75 bits per heavy atom. The van der Waals surface area contributed by atoms with Gasteiger partial charge in [-0.3, -0.25) is 9.36 Å². The summed E-state index contributed by atoms with van der Waals surface area (Å²) in [6, 6.07) is 0. The molecule has 0 amide bonds. The van der Waals surface area contributed by atoms with E-state index < -0.39 is 0 Å². The SMILES string of the molecule is CCc1cnc2n(c1=O)CCS2. The molecule has 0 saturated heterocycles. The number of hydrogen-bond donors (Lipinski definition) is 0. The second kappa shape index (κ2) is 2.94. The summed E-state index contributed by atoms with van der Waals surface area (Å²) in [4.78, 5) is 15.8. The molecule has 0 atom stereocenters. The van der Waals surface area contributed by atoms with E-state index in [1.807, 2.05) is 6.92 Å². The zero-order valence-electron chi connectivity index (χ0n) is 6.91. The minimum atomic E-state index is 0.146. The van der Waals surface area contributed by atoms with E-state index in [1.165, 1.54) is 0 Å². The van der Waals surface area contributed by atoms with Crippen LogP contribution in [-0.2, 0) is 13.0 Å². The molecule has 0 radical (unpaired) electrons. The van der Waals surface area contributed by atoms with Crippen LogP contribution in [0.15, 0.2) is 16.1 Å². The highest BCUT2D eigenvalue weighted by Crippen LogP contribution is 2.20. The molecule has 0 saturated carbocycles. The fourth-order valence-electron chi connectivity index (χ4n) is 1.30. The highest BCUT2D eigenvalue weighted by Gasteiger charge is 2.14. The second-order valence-electron chi connectivity index (χ2n) is 2.72. The van der Waals surface area contributed by atoms with Crippen LogP contribution in [0.25, 0.3) is 0 Å². The zero-order valence-corrected chi connectivity index (χ0v) is 7.73. The first-order valence-electron chi connectivity index (χ1n) is 4.04. The molecule has 1 aromatic rings. The molecule has 3 nitrogen and oxygen atoms in total. The van der Waals surface area contributed by atoms with Crippen molar-refractivity contribution in [3.05, 3.63) is 22.1 Å². The standard InChI is InChI=1S/C8H10N2OS/c1-2-6-5-9-8-10(7(6)11)3-4-12-8/h5H,2-4H2,1H3. The number of nitrogens with zero attached hydrogens (tertiary/aromatic N) is 2. The van der Waals surface area contributed by atoms with Crippen LogP contribution in [-0.4, -0.2) is 15.3 Å². The minimum absolute atomic E-state index is 0.146. The predicted octanol–water partition coefficient (Wildman–Crippen LogP) is 0.911. The van der Waals surface area contributed by atoms with Crippen molar-refractivity contribution in [1.82, 2.24) is 9.55 Å². The minimum Gasteiger partial charge on any atom is -0.287 e. The summed E-state index contributed by atoms with van der Waals surface area (Å²) in [5, 5.41) is 0.872. The van der Waals surface area contributed by atoms with Crippen molar-refractivity contribution in [3.8, 4) is 0 Å². The average Bonchev–Trinajstić information content (AvgIpc) is 2.53. The van der Waals surface area contributed by atoms with E-state index >= 15 is 0 Å². The molecule has 12 heavy (non-hydrogen) atoms. The van der Waals surface area contributed by atoms with E-state index in [2.05, 4.69) is 4.98 Å². The van der Waals surface area contributed by atoms with Crippen LogP contribution in [0.2, 0.25) is 0 Å². The van der Waals surface area contributed by atoms with Gasteiger partial charge in [0.05, 0.1) is 0 Å². The summed E-state index contributed by atoms with van der Waals surface area (Å²) >= 11 is 1.65. The van der Waals surface area contributed by atoms with Gasteiger partial charge in [-0.05, 0) is 6.42 Å². The van der Waals surface area contributed by atoms with Gasteiger partial charge >= 0.3 is 0 Å². The van der Waals surface area contributed by atoms with Crippen LogP contribution in [0.3, 0.4) is 0 Å². The smallest absolute Gasteiger partial charge is 0.257 e. The van der Waals surface area contributed by atoms with Gasteiger partial charge in [0, 0.05) is 24.1 Å². The maximum atomic E-state index is 11.6.